The van der Waals surface area contributed by atoms with Gasteiger partial charge in [0.2, 0.25) is 5.91 Å². The second-order valence-electron chi connectivity index (χ2n) is 6.66. The van der Waals surface area contributed by atoms with E-state index in [0.717, 1.165) is 35.3 Å². The Morgan fingerprint density at radius 2 is 2.15 bits per heavy atom. The molecule has 1 aromatic carbocycles. The van der Waals surface area contributed by atoms with Gasteiger partial charge in [0, 0.05) is 28.3 Å². The Labute approximate surface area is 158 Å². The molecular formula is C20H26N2O3S. The molecule has 0 saturated heterocycles. The van der Waals surface area contributed by atoms with E-state index in [2.05, 4.69) is 19.1 Å². The number of nitrogens with zero attached hydrogens (tertiary/aromatic N) is 1. The van der Waals surface area contributed by atoms with Crippen molar-refractivity contribution in [2.45, 2.75) is 39.2 Å². The lowest BCUT2D eigenvalue weighted by molar-refractivity contribution is -0.132. The van der Waals surface area contributed by atoms with Crippen molar-refractivity contribution in [3.63, 3.8) is 0 Å². The number of carbonyl (C=O) groups excluding carboxylic acids is 1. The Balaban J connectivity index is 1.77. The molecule has 1 aromatic heterocycles. The maximum Gasteiger partial charge on any atom is 0.222 e. The number of unbranched alkanes of at least 4 members (excludes halogenated alkanes) is 2. The van der Waals surface area contributed by atoms with Crippen LogP contribution in [0.1, 0.15) is 36.1 Å². The third-order valence-corrected chi connectivity index (χ3v) is 5.64. The molecule has 1 amide bonds. The van der Waals surface area contributed by atoms with Crippen LogP contribution in [0.25, 0.3) is 10.4 Å². The molecule has 1 aliphatic heterocycles. The van der Waals surface area contributed by atoms with Crippen molar-refractivity contribution in [1.82, 2.24) is 4.90 Å². The number of amides is 1. The van der Waals surface area contributed by atoms with Gasteiger partial charge >= 0.3 is 0 Å². The number of fused-ring (bicyclic) bond motifs is 1. The van der Waals surface area contributed by atoms with Crippen molar-refractivity contribution < 1.29 is 14.6 Å². The lowest BCUT2D eigenvalue weighted by atomic mass is 10.1. The largest absolute Gasteiger partial charge is 0.504 e. The molecule has 0 radical (unpaired) electrons. The highest BCUT2D eigenvalue weighted by atomic mass is 32.1. The molecular weight excluding hydrogens is 348 g/mol. The molecule has 2 heterocycles. The predicted molar refractivity (Wildman–Crippen MR) is 105 cm³/mol. The van der Waals surface area contributed by atoms with Gasteiger partial charge in [-0.05, 0) is 56.1 Å². The van der Waals surface area contributed by atoms with Gasteiger partial charge in [0.25, 0.3) is 0 Å². The van der Waals surface area contributed by atoms with E-state index in [1.807, 2.05) is 11.0 Å². The summed E-state index contributed by atoms with van der Waals surface area (Å²) in [5, 5.41) is 10.4. The molecule has 0 aliphatic carbocycles. The molecule has 3 rings (SSSR count). The fourth-order valence-electron chi connectivity index (χ4n) is 3.20. The van der Waals surface area contributed by atoms with Gasteiger partial charge in [0.1, 0.15) is 6.61 Å². The Kier molecular flexibility index (Phi) is 6.16. The zero-order valence-electron chi connectivity index (χ0n) is 15.2. The number of hydrogen-bond acceptors (Lipinski definition) is 5. The average Bonchev–Trinajstić information content (AvgIpc) is 2.93. The Morgan fingerprint density at radius 3 is 2.88 bits per heavy atom. The minimum absolute atomic E-state index is 0.135. The Morgan fingerprint density at radius 1 is 1.31 bits per heavy atom. The number of aryl methyl sites for hydroxylation is 1. The molecule has 0 spiro atoms. The quantitative estimate of drug-likeness (QED) is 0.757. The highest BCUT2D eigenvalue weighted by molar-refractivity contribution is 7.15. The maximum atomic E-state index is 12.5. The van der Waals surface area contributed by atoms with E-state index in [-0.39, 0.29) is 11.7 Å². The Hall–Kier alpha value is -2.05. The zero-order valence-corrected chi connectivity index (χ0v) is 16.0. The van der Waals surface area contributed by atoms with Crippen LogP contribution < -0.4 is 10.5 Å². The summed E-state index contributed by atoms with van der Waals surface area (Å²) < 4.78 is 5.74. The second-order valence-corrected chi connectivity index (χ2v) is 7.94. The van der Waals surface area contributed by atoms with E-state index in [1.54, 1.807) is 17.4 Å². The van der Waals surface area contributed by atoms with Gasteiger partial charge in [0.15, 0.2) is 11.5 Å². The number of hydrogen-bond donors (Lipinski definition) is 2. The van der Waals surface area contributed by atoms with Crippen molar-refractivity contribution in [3.8, 4) is 21.9 Å². The normalized spacial score (nSPS) is 13.8. The lowest BCUT2D eigenvalue weighted by Gasteiger charge is -2.20. The number of phenols is 1. The number of carbonyl (C=O) groups is 1. The molecule has 2 aromatic rings. The van der Waals surface area contributed by atoms with Crippen LogP contribution in [0, 0.1) is 6.92 Å². The van der Waals surface area contributed by atoms with Gasteiger partial charge in [-0.2, -0.15) is 0 Å². The molecule has 1 aliphatic rings. The molecule has 3 N–H and O–H groups in total. The number of benzene rings is 1. The molecule has 0 saturated carbocycles. The fraction of sp³-hybridized carbons (Fsp3) is 0.450. The van der Waals surface area contributed by atoms with E-state index in [9.17, 15) is 9.90 Å². The van der Waals surface area contributed by atoms with Crippen LogP contribution in [0.15, 0.2) is 24.3 Å². The molecule has 0 atom stereocenters. The van der Waals surface area contributed by atoms with Crippen molar-refractivity contribution in [2.24, 2.45) is 5.73 Å². The van der Waals surface area contributed by atoms with Crippen molar-refractivity contribution in [3.05, 3.63) is 34.7 Å². The SMILES string of the molecule is Cc1ccc(-c2cc(O)c3c(c2)CN(C(=O)CCCCCN)CCO3)s1. The van der Waals surface area contributed by atoms with Gasteiger partial charge in [0.05, 0.1) is 6.54 Å². The van der Waals surface area contributed by atoms with Crippen molar-refractivity contribution in [1.29, 1.82) is 0 Å². The average molecular weight is 375 g/mol. The minimum atomic E-state index is 0.135. The lowest BCUT2D eigenvalue weighted by Crippen LogP contribution is -2.32. The summed E-state index contributed by atoms with van der Waals surface area (Å²) >= 11 is 1.69. The zero-order chi connectivity index (χ0) is 18.5. The van der Waals surface area contributed by atoms with Crippen LogP contribution in [0.2, 0.25) is 0 Å². The predicted octanol–water partition coefficient (Wildman–Crippen LogP) is 3.67. The monoisotopic (exact) mass is 374 g/mol. The number of phenolic OH excluding ortho intramolecular Hbond substituents is 1. The van der Waals surface area contributed by atoms with Crippen molar-refractivity contribution >= 4 is 17.2 Å². The van der Waals surface area contributed by atoms with Gasteiger partial charge in [-0.25, -0.2) is 0 Å². The Bertz CT molecular complexity index is 772. The van der Waals surface area contributed by atoms with Crippen molar-refractivity contribution in [2.75, 3.05) is 19.7 Å². The summed E-state index contributed by atoms with van der Waals surface area (Å²) in [5.41, 5.74) is 7.32. The number of aromatic hydroxyl groups is 1. The number of thiophene rings is 1. The van der Waals surface area contributed by atoms with Crippen LogP contribution in [0.3, 0.4) is 0 Å². The summed E-state index contributed by atoms with van der Waals surface area (Å²) in [5.74, 6) is 0.775. The fourth-order valence-corrected chi connectivity index (χ4v) is 4.05. The molecule has 26 heavy (non-hydrogen) atoms. The van der Waals surface area contributed by atoms with E-state index in [4.69, 9.17) is 10.5 Å². The van der Waals surface area contributed by atoms with Crippen LogP contribution >= 0.6 is 11.3 Å². The van der Waals surface area contributed by atoms with Crippen LogP contribution in [-0.2, 0) is 11.3 Å². The summed E-state index contributed by atoms with van der Waals surface area (Å²) in [6.45, 7) is 4.13. The molecule has 140 valence electrons. The minimum Gasteiger partial charge on any atom is -0.504 e. The summed E-state index contributed by atoms with van der Waals surface area (Å²) in [4.78, 5) is 16.7. The summed E-state index contributed by atoms with van der Waals surface area (Å²) in [6, 6.07) is 7.89. The molecule has 0 unspecified atom stereocenters. The number of ether oxygens (including phenoxy) is 1. The van der Waals surface area contributed by atoms with Gasteiger partial charge in [-0.3, -0.25) is 4.79 Å². The highest BCUT2D eigenvalue weighted by Gasteiger charge is 2.22. The standard InChI is InChI=1S/C20H26N2O3S/c1-14-6-7-18(26-14)15-11-16-13-22(19(24)5-3-2-4-8-21)9-10-25-20(16)17(23)12-15/h6-7,11-12,23H,2-5,8-10,13,21H2,1H3. The van der Waals surface area contributed by atoms with E-state index in [0.29, 0.717) is 38.4 Å². The first kappa shape index (κ1) is 18.7. The highest BCUT2D eigenvalue weighted by Crippen LogP contribution is 2.39. The molecule has 5 nitrogen and oxygen atoms in total. The van der Waals surface area contributed by atoms with E-state index in [1.165, 1.54) is 4.88 Å². The topological polar surface area (TPSA) is 75.8 Å². The molecule has 0 fully saturated rings. The first-order chi connectivity index (χ1) is 12.6. The molecule has 0 bridgehead atoms. The molecule has 6 heteroatoms. The summed E-state index contributed by atoms with van der Waals surface area (Å²) in [6.07, 6.45) is 3.33. The first-order valence-corrected chi connectivity index (χ1v) is 9.93. The third kappa shape index (κ3) is 4.37. The van der Waals surface area contributed by atoms with Gasteiger partial charge in [-0.15, -0.1) is 11.3 Å². The number of rotatable bonds is 6. The van der Waals surface area contributed by atoms with Gasteiger partial charge < -0.3 is 20.5 Å². The van der Waals surface area contributed by atoms with Crippen LogP contribution in [0.4, 0.5) is 0 Å². The smallest absolute Gasteiger partial charge is 0.222 e. The number of nitrogens with two attached hydrogens (primary N) is 1. The first-order valence-electron chi connectivity index (χ1n) is 9.12. The second kappa shape index (κ2) is 8.56. The third-order valence-electron chi connectivity index (χ3n) is 4.59. The maximum absolute atomic E-state index is 12.5. The van der Waals surface area contributed by atoms with Crippen LogP contribution in [0.5, 0.6) is 11.5 Å². The summed E-state index contributed by atoms with van der Waals surface area (Å²) in [7, 11) is 0. The van der Waals surface area contributed by atoms with Crippen LogP contribution in [-0.4, -0.2) is 35.6 Å². The van der Waals surface area contributed by atoms with E-state index >= 15 is 0 Å². The van der Waals surface area contributed by atoms with E-state index < -0.39 is 0 Å². The van der Waals surface area contributed by atoms with Gasteiger partial charge in [-0.1, -0.05) is 6.42 Å².